The van der Waals surface area contributed by atoms with Gasteiger partial charge >= 0.3 is 0 Å². The van der Waals surface area contributed by atoms with Crippen LogP contribution in [-0.4, -0.2) is 16.5 Å². The molecule has 1 aromatic heterocycles. The summed E-state index contributed by atoms with van der Waals surface area (Å²) in [7, 11) is 0. The number of hydrogen-bond acceptors (Lipinski definition) is 3. The van der Waals surface area contributed by atoms with Crippen molar-refractivity contribution in [3.8, 4) is 5.88 Å². The van der Waals surface area contributed by atoms with E-state index in [2.05, 4.69) is 22.3 Å². The molecule has 1 aromatic rings. The molecule has 0 saturated heterocycles. The molecule has 1 heterocycles. The summed E-state index contributed by atoms with van der Waals surface area (Å²) in [5.74, 6) is 0.689. The third kappa shape index (κ3) is 3.17. The number of nitrogens with one attached hydrogen (secondary N) is 1. The summed E-state index contributed by atoms with van der Waals surface area (Å²) in [6.45, 7) is 6.07. The van der Waals surface area contributed by atoms with E-state index in [1.807, 2.05) is 33.1 Å². The molecule has 16 heavy (non-hydrogen) atoms. The Morgan fingerprint density at radius 3 is 2.81 bits per heavy atom. The Balaban J connectivity index is 2.90. The predicted octanol–water partition coefficient (Wildman–Crippen LogP) is 3.44. The first-order valence-electron chi connectivity index (χ1n) is 5.25. The first kappa shape index (κ1) is 12.9. The SMILES string of the molecule is CC=CC(=CC)Cc1c(OSC)n[nH]c1C. The molecule has 0 atom stereocenters. The van der Waals surface area contributed by atoms with Gasteiger partial charge in [0.2, 0.25) is 5.88 Å². The Kier molecular flexibility index (Phi) is 5.19. The number of aromatic amines is 1. The quantitative estimate of drug-likeness (QED) is 0.630. The fourth-order valence-corrected chi connectivity index (χ4v) is 1.76. The number of nitrogens with zero attached hydrogens (tertiary/aromatic N) is 1. The Morgan fingerprint density at radius 1 is 1.50 bits per heavy atom. The fraction of sp³-hybridized carbons (Fsp3) is 0.417. The second-order valence-electron chi connectivity index (χ2n) is 3.42. The van der Waals surface area contributed by atoms with Crippen molar-refractivity contribution in [3.63, 3.8) is 0 Å². The molecule has 0 fully saturated rings. The summed E-state index contributed by atoms with van der Waals surface area (Å²) in [4.78, 5) is 0. The van der Waals surface area contributed by atoms with Crippen LogP contribution in [0.3, 0.4) is 0 Å². The van der Waals surface area contributed by atoms with Crippen molar-refractivity contribution in [2.45, 2.75) is 27.2 Å². The van der Waals surface area contributed by atoms with E-state index < -0.39 is 0 Å². The minimum absolute atomic E-state index is 0.689. The molecule has 4 heteroatoms. The van der Waals surface area contributed by atoms with Gasteiger partial charge in [-0.2, -0.15) is 0 Å². The second-order valence-corrected chi connectivity index (χ2v) is 3.92. The lowest BCUT2D eigenvalue weighted by Gasteiger charge is -2.04. The number of hydrogen-bond donors (Lipinski definition) is 1. The smallest absolute Gasteiger partial charge is 0.250 e. The van der Waals surface area contributed by atoms with Gasteiger partial charge in [-0.05, 0) is 26.3 Å². The van der Waals surface area contributed by atoms with Crippen LogP contribution in [0.15, 0.2) is 23.8 Å². The lowest BCUT2D eigenvalue weighted by atomic mass is 10.1. The average Bonchev–Trinajstić information content (AvgIpc) is 2.61. The fourth-order valence-electron chi connectivity index (χ4n) is 1.46. The predicted molar refractivity (Wildman–Crippen MR) is 69.7 cm³/mol. The zero-order valence-electron chi connectivity index (χ0n) is 10.2. The Hall–Kier alpha value is -1.16. The van der Waals surface area contributed by atoms with Crippen LogP contribution < -0.4 is 4.18 Å². The highest BCUT2D eigenvalue weighted by atomic mass is 32.2. The van der Waals surface area contributed by atoms with Gasteiger partial charge in [0, 0.05) is 23.9 Å². The molecule has 0 aliphatic carbocycles. The van der Waals surface area contributed by atoms with Crippen molar-refractivity contribution >= 4 is 12.0 Å². The summed E-state index contributed by atoms with van der Waals surface area (Å²) in [6.07, 6.45) is 8.99. The monoisotopic (exact) mass is 238 g/mol. The minimum Gasteiger partial charge on any atom is -0.404 e. The van der Waals surface area contributed by atoms with Gasteiger partial charge in [0.05, 0.1) is 12.0 Å². The molecule has 88 valence electrons. The van der Waals surface area contributed by atoms with Crippen molar-refractivity contribution in [3.05, 3.63) is 35.1 Å². The molecule has 1 rings (SSSR count). The van der Waals surface area contributed by atoms with Crippen molar-refractivity contribution in [2.75, 3.05) is 6.26 Å². The molecule has 3 nitrogen and oxygen atoms in total. The molecule has 0 spiro atoms. The van der Waals surface area contributed by atoms with Crippen molar-refractivity contribution in [2.24, 2.45) is 0 Å². The van der Waals surface area contributed by atoms with Crippen LogP contribution in [0.1, 0.15) is 25.1 Å². The molecule has 0 radical (unpaired) electrons. The van der Waals surface area contributed by atoms with E-state index in [4.69, 9.17) is 4.18 Å². The summed E-state index contributed by atoms with van der Waals surface area (Å²) in [5.41, 5.74) is 3.45. The minimum atomic E-state index is 0.689. The molecular weight excluding hydrogens is 220 g/mol. The van der Waals surface area contributed by atoms with E-state index >= 15 is 0 Å². The van der Waals surface area contributed by atoms with Crippen LogP contribution in [0.2, 0.25) is 0 Å². The van der Waals surface area contributed by atoms with Crippen LogP contribution in [0, 0.1) is 6.92 Å². The lowest BCUT2D eigenvalue weighted by Crippen LogP contribution is -1.92. The van der Waals surface area contributed by atoms with Gasteiger partial charge in [0.25, 0.3) is 0 Å². The highest BCUT2D eigenvalue weighted by molar-refractivity contribution is 7.94. The van der Waals surface area contributed by atoms with E-state index in [1.54, 1.807) is 0 Å². The second kappa shape index (κ2) is 6.43. The summed E-state index contributed by atoms with van der Waals surface area (Å²) in [5, 5.41) is 7.09. The highest BCUT2D eigenvalue weighted by Gasteiger charge is 2.12. The standard InChI is InChI=1S/C12H18N2OS/c1-5-7-10(6-2)8-11-9(3)13-14-12(11)15-16-4/h5-7H,8H2,1-4H3,(H,13,14). The summed E-state index contributed by atoms with van der Waals surface area (Å²) >= 11 is 1.31. The maximum Gasteiger partial charge on any atom is 0.250 e. The number of aryl methyl sites for hydroxylation is 1. The molecule has 0 amide bonds. The largest absolute Gasteiger partial charge is 0.404 e. The lowest BCUT2D eigenvalue weighted by molar-refractivity contribution is 0.608. The summed E-state index contributed by atoms with van der Waals surface area (Å²) < 4.78 is 5.40. The molecule has 0 saturated carbocycles. The van der Waals surface area contributed by atoms with Crippen LogP contribution in [0.5, 0.6) is 5.88 Å². The number of allylic oxidation sites excluding steroid dienone is 4. The molecule has 0 bridgehead atoms. The zero-order valence-corrected chi connectivity index (χ0v) is 11.0. The highest BCUT2D eigenvalue weighted by Crippen LogP contribution is 2.24. The Labute approximate surface area is 101 Å². The van der Waals surface area contributed by atoms with Crippen molar-refractivity contribution in [1.29, 1.82) is 0 Å². The van der Waals surface area contributed by atoms with Gasteiger partial charge in [-0.3, -0.25) is 5.10 Å². The van der Waals surface area contributed by atoms with Crippen LogP contribution >= 0.6 is 12.0 Å². The van der Waals surface area contributed by atoms with Gasteiger partial charge in [-0.1, -0.05) is 18.2 Å². The molecule has 0 aliphatic rings. The number of rotatable bonds is 5. The van der Waals surface area contributed by atoms with Gasteiger partial charge in [0.1, 0.15) is 0 Å². The normalized spacial score (nSPS) is 12.4. The van der Waals surface area contributed by atoms with Crippen LogP contribution in [0.4, 0.5) is 0 Å². The molecule has 0 unspecified atom stereocenters. The molecular formula is C12H18N2OS. The van der Waals surface area contributed by atoms with Crippen LogP contribution in [-0.2, 0) is 6.42 Å². The first-order chi connectivity index (χ1) is 7.72. The van der Waals surface area contributed by atoms with Gasteiger partial charge in [-0.25, -0.2) is 0 Å². The zero-order chi connectivity index (χ0) is 12.0. The Bertz CT molecular complexity index is 394. The number of aromatic nitrogens is 2. The topological polar surface area (TPSA) is 37.9 Å². The molecule has 0 aromatic carbocycles. The Morgan fingerprint density at radius 2 is 2.25 bits per heavy atom. The van der Waals surface area contributed by atoms with Crippen molar-refractivity contribution in [1.82, 2.24) is 10.2 Å². The average molecular weight is 238 g/mol. The van der Waals surface area contributed by atoms with E-state index in [9.17, 15) is 0 Å². The summed E-state index contributed by atoms with van der Waals surface area (Å²) in [6, 6.07) is 0. The van der Waals surface area contributed by atoms with Gasteiger partial charge in [-0.15, -0.1) is 5.10 Å². The van der Waals surface area contributed by atoms with Crippen molar-refractivity contribution < 1.29 is 4.18 Å². The third-order valence-corrected chi connectivity index (χ3v) is 2.66. The van der Waals surface area contributed by atoms with Gasteiger partial charge < -0.3 is 4.18 Å². The van der Waals surface area contributed by atoms with E-state index in [0.717, 1.165) is 17.7 Å². The number of H-pyrrole nitrogens is 1. The van der Waals surface area contributed by atoms with Crippen LogP contribution in [0.25, 0.3) is 0 Å². The maximum atomic E-state index is 5.40. The maximum absolute atomic E-state index is 5.40. The third-order valence-electron chi connectivity index (χ3n) is 2.33. The van der Waals surface area contributed by atoms with E-state index in [0.29, 0.717) is 5.88 Å². The first-order valence-corrected chi connectivity index (χ1v) is 6.40. The molecule has 0 aliphatic heterocycles. The van der Waals surface area contributed by atoms with E-state index in [-0.39, 0.29) is 0 Å². The van der Waals surface area contributed by atoms with Gasteiger partial charge in [0.15, 0.2) is 0 Å². The van der Waals surface area contributed by atoms with E-state index in [1.165, 1.54) is 17.6 Å². The molecule has 1 N–H and O–H groups in total.